The van der Waals surface area contributed by atoms with Crippen LogP contribution in [0.2, 0.25) is 0 Å². The Morgan fingerprint density at radius 1 is 0.944 bits per heavy atom. The van der Waals surface area contributed by atoms with E-state index in [1.54, 1.807) is 12.0 Å². The maximum Gasteiger partial charge on any atom is 0.242 e. The van der Waals surface area contributed by atoms with Gasteiger partial charge in [-0.15, -0.1) is 10.2 Å². The van der Waals surface area contributed by atoms with Gasteiger partial charge < -0.3 is 19.4 Å². The number of hydrogen-bond donors (Lipinski definition) is 0. The van der Waals surface area contributed by atoms with E-state index in [1.807, 2.05) is 85.5 Å². The number of anilines is 1. The molecule has 0 saturated carbocycles. The smallest absolute Gasteiger partial charge is 0.242 e. The van der Waals surface area contributed by atoms with E-state index in [0.717, 1.165) is 28.4 Å². The number of amides is 2. The van der Waals surface area contributed by atoms with Crippen LogP contribution in [0.5, 0.6) is 5.75 Å². The molecular formula is C28H33N5O3. The molecule has 0 N–H and O–H groups in total. The lowest BCUT2D eigenvalue weighted by Crippen LogP contribution is -2.52. The van der Waals surface area contributed by atoms with Gasteiger partial charge in [-0.05, 0) is 29.8 Å². The number of methoxy groups -OCH3 is 1. The number of hydrogen-bond acceptors (Lipinski definition) is 6. The zero-order valence-corrected chi connectivity index (χ0v) is 21.1. The molecule has 36 heavy (non-hydrogen) atoms. The summed E-state index contributed by atoms with van der Waals surface area (Å²) in [4.78, 5) is 31.5. The molecule has 2 heterocycles. The number of piperazine rings is 1. The van der Waals surface area contributed by atoms with Gasteiger partial charge in [-0.1, -0.05) is 56.3 Å². The highest BCUT2D eigenvalue weighted by Crippen LogP contribution is 2.23. The van der Waals surface area contributed by atoms with E-state index in [0.29, 0.717) is 32.7 Å². The van der Waals surface area contributed by atoms with Gasteiger partial charge in [0.05, 0.1) is 12.8 Å². The molecule has 1 fully saturated rings. The summed E-state index contributed by atoms with van der Waals surface area (Å²) in [7, 11) is 1.64. The lowest BCUT2D eigenvalue weighted by atomic mass is 10.1. The summed E-state index contributed by atoms with van der Waals surface area (Å²) >= 11 is 0. The number of aromatic nitrogens is 2. The number of nitrogens with zero attached hydrogens (tertiary/aromatic N) is 5. The van der Waals surface area contributed by atoms with E-state index < -0.39 is 0 Å². The van der Waals surface area contributed by atoms with Crippen molar-refractivity contribution in [2.45, 2.75) is 20.4 Å². The number of benzene rings is 2. The zero-order valence-electron chi connectivity index (χ0n) is 21.1. The molecule has 0 unspecified atom stereocenters. The first kappa shape index (κ1) is 25.2. The molecule has 8 nitrogen and oxygen atoms in total. The van der Waals surface area contributed by atoms with Gasteiger partial charge in [0.2, 0.25) is 11.8 Å². The second kappa shape index (κ2) is 11.7. The Morgan fingerprint density at radius 3 is 2.33 bits per heavy atom. The number of rotatable bonds is 8. The van der Waals surface area contributed by atoms with Gasteiger partial charge in [-0.25, -0.2) is 0 Å². The molecule has 1 saturated heterocycles. The fourth-order valence-corrected chi connectivity index (χ4v) is 4.26. The van der Waals surface area contributed by atoms with Crippen LogP contribution >= 0.6 is 0 Å². The molecule has 0 bridgehead atoms. The average molecular weight is 488 g/mol. The van der Waals surface area contributed by atoms with Crippen LogP contribution in [0.3, 0.4) is 0 Å². The van der Waals surface area contributed by atoms with Crippen molar-refractivity contribution >= 4 is 17.6 Å². The fraction of sp³-hybridized carbons (Fsp3) is 0.357. The van der Waals surface area contributed by atoms with E-state index in [1.165, 1.54) is 0 Å². The second-order valence-electron chi connectivity index (χ2n) is 9.21. The van der Waals surface area contributed by atoms with Crippen LogP contribution in [0, 0.1) is 5.92 Å². The molecule has 2 aromatic carbocycles. The minimum atomic E-state index is -0.170. The van der Waals surface area contributed by atoms with Crippen molar-refractivity contribution in [3.63, 3.8) is 0 Å². The summed E-state index contributed by atoms with van der Waals surface area (Å²) in [5.74, 6) is 1.35. The maximum atomic E-state index is 13.1. The lowest BCUT2D eigenvalue weighted by molar-refractivity contribution is -0.143. The van der Waals surface area contributed by atoms with Crippen molar-refractivity contribution in [2.75, 3.05) is 44.7 Å². The minimum Gasteiger partial charge on any atom is -0.497 e. The summed E-state index contributed by atoms with van der Waals surface area (Å²) < 4.78 is 5.29. The Hall–Kier alpha value is -3.94. The maximum absolute atomic E-state index is 13.1. The summed E-state index contributed by atoms with van der Waals surface area (Å²) in [5.41, 5.74) is 2.74. The summed E-state index contributed by atoms with van der Waals surface area (Å²) in [6.07, 6.45) is 0. The van der Waals surface area contributed by atoms with Crippen molar-refractivity contribution in [1.29, 1.82) is 0 Å². The second-order valence-corrected chi connectivity index (χ2v) is 9.21. The molecule has 1 aliphatic rings. The summed E-state index contributed by atoms with van der Waals surface area (Å²) in [5, 5.41) is 8.82. The Morgan fingerprint density at radius 2 is 1.69 bits per heavy atom. The van der Waals surface area contributed by atoms with Crippen molar-refractivity contribution in [3.05, 3.63) is 72.3 Å². The van der Waals surface area contributed by atoms with Gasteiger partial charge in [0.25, 0.3) is 0 Å². The van der Waals surface area contributed by atoms with Gasteiger partial charge in [0, 0.05) is 44.2 Å². The predicted octanol–water partition coefficient (Wildman–Crippen LogP) is 3.49. The van der Waals surface area contributed by atoms with Crippen LogP contribution < -0.4 is 9.64 Å². The van der Waals surface area contributed by atoms with Gasteiger partial charge in [0.15, 0.2) is 5.82 Å². The molecular weight excluding hydrogens is 454 g/mol. The quantitative estimate of drug-likeness (QED) is 0.484. The fourth-order valence-electron chi connectivity index (χ4n) is 4.26. The number of carbonyl (C=O) groups is 2. The van der Waals surface area contributed by atoms with Crippen molar-refractivity contribution in [3.8, 4) is 17.0 Å². The Balaban J connectivity index is 1.34. The molecule has 3 aromatic rings. The molecule has 1 aliphatic heterocycles. The molecule has 4 rings (SSSR count). The third kappa shape index (κ3) is 6.19. The molecule has 2 amide bonds. The van der Waals surface area contributed by atoms with E-state index in [2.05, 4.69) is 15.1 Å². The predicted molar refractivity (Wildman–Crippen MR) is 140 cm³/mol. The van der Waals surface area contributed by atoms with Crippen LogP contribution in [-0.4, -0.2) is 71.6 Å². The SMILES string of the molecule is COc1cccc(-c2ccc(N3CCN(C(=O)CN(Cc4ccccc4)C(=O)C(C)C)CC3)nn2)c1. The highest BCUT2D eigenvalue weighted by molar-refractivity contribution is 5.85. The van der Waals surface area contributed by atoms with Gasteiger partial charge in [0.1, 0.15) is 12.3 Å². The number of carbonyl (C=O) groups excluding carboxylic acids is 2. The minimum absolute atomic E-state index is 0.0164. The molecule has 0 aliphatic carbocycles. The van der Waals surface area contributed by atoms with E-state index in [9.17, 15) is 9.59 Å². The molecule has 0 radical (unpaired) electrons. The first-order chi connectivity index (χ1) is 17.4. The molecule has 1 aromatic heterocycles. The van der Waals surface area contributed by atoms with E-state index in [4.69, 9.17) is 4.74 Å². The third-order valence-electron chi connectivity index (χ3n) is 6.32. The molecule has 8 heteroatoms. The standard InChI is InChI=1S/C28H33N5O3/c1-21(2)28(35)33(19-22-8-5-4-6-9-22)20-27(34)32-16-14-31(15-17-32)26-13-12-25(29-30-26)23-10-7-11-24(18-23)36-3/h4-13,18,21H,14-17,19-20H2,1-3H3. The van der Waals surface area contributed by atoms with Gasteiger partial charge in [-0.3, -0.25) is 9.59 Å². The van der Waals surface area contributed by atoms with E-state index in [-0.39, 0.29) is 24.3 Å². The number of ether oxygens (including phenoxy) is 1. The van der Waals surface area contributed by atoms with Crippen LogP contribution in [0.15, 0.2) is 66.7 Å². The zero-order chi connectivity index (χ0) is 25.5. The first-order valence-corrected chi connectivity index (χ1v) is 12.3. The van der Waals surface area contributed by atoms with Crippen molar-refractivity contribution in [1.82, 2.24) is 20.0 Å². The monoisotopic (exact) mass is 487 g/mol. The van der Waals surface area contributed by atoms with E-state index >= 15 is 0 Å². The van der Waals surface area contributed by atoms with Gasteiger partial charge in [-0.2, -0.15) is 0 Å². The van der Waals surface area contributed by atoms with Crippen LogP contribution in [0.1, 0.15) is 19.4 Å². The molecule has 188 valence electrons. The molecule has 0 spiro atoms. The van der Waals surface area contributed by atoms with Crippen LogP contribution in [0.25, 0.3) is 11.3 Å². The van der Waals surface area contributed by atoms with Crippen LogP contribution in [0.4, 0.5) is 5.82 Å². The Kier molecular flexibility index (Phi) is 8.15. The highest BCUT2D eigenvalue weighted by Gasteiger charge is 2.26. The summed E-state index contributed by atoms with van der Waals surface area (Å²) in [6.45, 7) is 6.72. The topological polar surface area (TPSA) is 78.9 Å². The average Bonchev–Trinajstić information content (AvgIpc) is 2.93. The van der Waals surface area contributed by atoms with Crippen molar-refractivity contribution in [2.24, 2.45) is 5.92 Å². The molecule has 0 atom stereocenters. The van der Waals surface area contributed by atoms with Crippen molar-refractivity contribution < 1.29 is 14.3 Å². The lowest BCUT2D eigenvalue weighted by Gasteiger charge is -2.36. The Labute approximate surface area is 212 Å². The largest absolute Gasteiger partial charge is 0.497 e. The Bertz CT molecular complexity index is 1160. The third-order valence-corrected chi connectivity index (χ3v) is 6.32. The summed E-state index contributed by atoms with van der Waals surface area (Å²) in [6, 6.07) is 21.4. The van der Waals surface area contributed by atoms with Crippen LogP contribution in [-0.2, 0) is 16.1 Å². The highest BCUT2D eigenvalue weighted by atomic mass is 16.5. The van der Waals surface area contributed by atoms with Gasteiger partial charge >= 0.3 is 0 Å². The first-order valence-electron chi connectivity index (χ1n) is 12.3. The normalized spacial score (nSPS) is 13.6.